The maximum Gasteiger partial charge on any atom is 0.00414 e. The molecule has 2 atom stereocenters. The lowest BCUT2D eigenvalue weighted by molar-refractivity contribution is 0.429. The van der Waals surface area contributed by atoms with E-state index in [1.165, 1.54) is 24.8 Å². The van der Waals surface area contributed by atoms with Gasteiger partial charge in [-0.1, -0.05) is 50.6 Å². The maximum atomic E-state index is 6.11. The van der Waals surface area contributed by atoms with Gasteiger partial charge in [0.25, 0.3) is 0 Å². The number of rotatable bonds is 7. The molecular formula is C15H25N. The summed E-state index contributed by atoms with van der Waals surface area (Å²) in [5.41, 5.74) is 7.54. The average molecular weight is 219 g/mol. The second kappa shape index (κ2) is 7.45. The van der Waals surface area contributed by atoms with Crippen LogP contribution in [0.4, 0.5) is 0 Å². The fourth-order valence-corrected chi connectivity index (χ4v) is 2.01. The van der Waals surface area contributed by atoms with Crippen LogP contribution in [-0.4, -0.2) is 6.04 Å². The van der Waals surface area contributed by atoms with Crippen molar-refractivity contribution in [3.63, 3.8) is 0 Å². The molecule has 0 saturated heterocycles. The topological polar surface area (TPSA) is 26.0 Å². The van der Waals surface area contributed by atoms with Gasteiger partial charge >= 0.3 is 0 Å². The van der Waals surface area contributed by atoms with Crippen LogP contribution in [0.3, 0.4) is 0 Å². The molecule has 2 unspecified atom stereocenters. The van der Waals surface area contributed by atoms with Crippen LogP contribution in [0.5, 0.6) is 0 Å². The SMILES string of the molecule is CCC(C)CC(N)CCCc1ccccc1. The van der Waals surface area contributed by atoms with Crippen LogP contribution < -0.4 is 5.73 Å². The summed E-state index contributed by atoms with van der Waals surface area (Å²) < 4.78 is 0. The van der Waals surface area contributed by atoms with Gasteiger partial charge in [0.15, 0.2) is 0 Å². The molecule has 90 valence electrons. The summed E-state index contributed by atoms with van der Waals surface area (Å²) in [5, 5.41) is 0. The fourth-order valence-electron chi connectivity index (χ4n) is 2.01. The van der Waals surface area contributed by atoms with E-state index >= 15 is 0 Å². The number of hydrogen-bond donors (Lipinski definition) is 1. The summed E-state index contributed by atoms with van der Waals surface area (Å²) in [6, 6.07) is 11.1. The number of hydrogen-bond acceptors (Lipinski definition) is 1. The molecule has 0 aromatic heterocycles. The van der Waals surface area contributed by atoms with E-state index in [1.807, 2.05) is 0 Å². The van der Waals surface area contributed by atoms with Crippen LogP contribution in [-0.2, 0) is 6.42 Å². The first-order chi connectivity index (χ1) is 7.72. The smallest absolute Gasteiger partial charge is 0.00414 e. The molecule has 0 saturated carbocycles. The second-order valence-electron chi connectivity index (χ2n) is 4.89. The van der Waals surface area contributed by atoms with Crippen LogP contribution in [0.1, 0.15) is 45.1 Å². The van der Waals surface area contributed by atoms with Crippen molar-refractivity contribution in [2.45, 2.75) is 52.0 Å². The van der Waals surface area contributed by atoms with Gasteiger partial charge in [-0.3, -0.25) is 0 Å². The van der Waals surface area contributed by atoms with Gasteiger partial charge < -0.3 is 5.73 Å². The van der Waals surface area contributed by atoms with Gasteiger partial charge in [0.2, 0.25) is 0 Å². The van der Waals surface area contributed by atoms with Crippen LogP contribution in [0.15, 0.2) is 30.3 Å². The maximum absolute atomic E-state index is 6.11. The molecule has 1 aromatic rings. The summed E-state index contributed by atoms with van der Waals surface area (Å²) in [6.45, 7) is 4.53. The lowest BCUT2D eigenvalue weighted by Crippen LogP contribution is -2.22. The molecule has 0 fully saturated rings. The number of benzene rings is 1. The Morgan fingerprint density at radius 1 is 1.19 bits per heavy atom. The lowest BCUT2D eigenvalue weighted by atomic mass is 9.96. The molecule has 0 heterocycles. The van der Waals surface area contributed by atoms with Crippen molar-refractivity contribution in [3.8, 4) is 0 Å². The lowest BCUT2D eigenvalue weighted by Gasteiger charge is -2.15. The van der Waals surface area contributed by atoms with Gasteiger partial charge in [-0.05, 0) is 37.2 Å². The summed E-state index contributed by atoms with van der Waals surface area (Å²) in [4.78, 5) is 0. The molecule has 0 aliphatic carbocycles. The highest BCUT2D eigenvalue weighted by Crippen LogP contribution is 2.13. The molecule has 0 spiro atoms. The molecule has 1 rings (SSSR count). The normalized spacial score (nSPS) is 14.7. The Labute approximate surface area is 100 Å². The minimum absolute atomic E-state index is 0.388. The third kappa shape index (κ3) is 5.32. The minimum Gasteiger partial charge on any atom is -0.328 e. The van der Waals surface area contributed by atoms with Crippen molar-refractivity contribution >= 4 is 0 Å². The molecule has 0 bridgehead atoms. The molecule has 1 heteroatoms. The van der Waals surface area contributed by atoms with E-state index in [9.17, 15) is 0 Å². The zero-order chi connectivity index (χ0) is 11.8. The predicted molar refractivity (Wildman–Crippen MR) is 71.4 cm³/mol. The Bertz CT molecular complexity index is 268. The molecule has 0 radical (unpaired) electrons. The fraction of sp³-hybridized carbons (Fsp3) is 0.600. The largest absolute Gasteiger partial charge is 0.328 e. The Morgan fingerprint density at radius 3 is 2.50 bits per heavy atom. The molecular weight excluding hydrogens is 194 g/mol. The third-order valence-electron chi connectivity index (χ3n) is 3.29. The Balaban J connectivity index is 2.15. The van der Waals surface area contributed by atoms with Crippen LogP contribution in [0.25, 0.3) is 0 Å². The Hall–Kier alpha value is -0.820. The van der Waals surface area contributed by atoms with Crippen LogP contribution in [0.2, 0.25) is 0 Å². The monoisotopic (exact) mass is 219 g/mol. The Morgan fingerprint density at radius 2 is 1.88 bits per heavy atom. The van der Waals surface area contributed by atoms with E-state index in [0.29, 0.717) is 6.04 Å². The van der Waals surface area contributed by atoms with Crippen molar-refractivity contribution in [2.75, 3.05) is 0 Å². The highest BCUT2D eigenvalue weighted by molar-refractivity contribution is 5.14. The quantitative estimate of drug-likeness (QED) is 0.742. The van der Waals surface area contributed by atoms with E-state index in [1.54, 1.807) is 0 Å². The van der Waals surface area contributed by atoms with Gasteiger partial charge in [-0.15, -0.1) is 0 Å². The second-order valence-corrected chi connectivity index (χ2v) is 4.89. The molecule has 1 nitrogen and oxygen atoms in total. The number of nitrogens with two attached hydrogens (primary N) is 1. The zero-order valence-electron chi connectivity index (χ0n) is 10.7. The van der Waals surface area contributed by atoms with Crippen LogP contribution >= 0.6 is 0 Å². The van der Waals surface area contributed by atoms with Crippen molar-refractivity contribution in [2.24, 2.45) is 11.7 Å². The van der Waals surface area contributed by atoms with Crippen molar-refractivity contribution in [1.29, 1.82) is 0 Å². The Kier molecular flexibility index (Phi) is 6.17. The first-order valence-corrected chi connectivity index (χ1v) is 6.52. The molecule has 2 N–H and O–H groups in total. The molecule has 0 aliphatic heterocycles. The highest BCUT2D eigenvalue weighted by Gasteiger charge is 2.07. The summed E-state index contributed by atoms with van der Waals surface area (Å²) in [5.74, 6) is 0.770. The van der Waals surface area contributed by atoms with E-state index in [4.69, 9.17) is 5.73 Å². The first-order valence-electron chi connectivity index (χ1n) is 6.52. The van der Waals surface area contributed by atoms with E-state index in [2.05, 4.69) is 44.2 Å². The summed E-state index contributed by atoms with van der Waals surface area (Å²) >= 11 is 0. The van der Waals surface area contributed by atoms with E-state index < -0.39 is 0 Å². The van der Waals surface area contributed by atoms with Gasteiger partial charge in [-0.25, -0.2) is 0 Å². The van der Waals surface area contributed by atoms with Gasteiger partial charge in [0.05, 0.1) is 0 Å². The van der Waals surface area contributed by atoms with E-state index in [-0.39, 0.29) is 0 Å². The van der Waals surface area contributed by atoms with Crippen LogP contribution in [0, 0.1) is 5.92 Å². The molecule has 16 heavy (non-hydrogen) atoms. The first kappa shape index (κ1) is 13.2. The van der Waals surface area contributed by atoms with Crippen molar-refractivity contribution < 1.29 is 0 Å². The standard InChI is InChI=1S/C15H25N/c1-3-13(2)12-15(16)11-7-10-14-8-5-4-6-9-14/h4-6,8-9,13,15H,3,7,10-12,16H2,1-2H3. The predicted octanol–water partition coefficient (Wildman–Crippen LogP) is 3.77. The van der Waals surface area contributed by atoms with Crippen molar-refractivity contribution in [1.82, 2.24) is 0 Å². The average Bonchev–Trinajstić information content (AvgIpc) is 2.30. The molecule has 0 aliphatic rings. The van der Waals surface area contributed by atoms with Gasteiger partial charge in [0.1, 0.15) is 0 Å². The van der Waals surface area contributed by atoms with Crippen molar-refractivity contribution in [3.05, 3.63) is 35.9 Å². The highest BCUT2D eigenvalue weighted by atomic mass is 14.6. The van der Waals surface area contributed by atoms with E-state index in [0.717, 1.165) is 18.8 Å². The number of aryl methyl sites for hydroxylation is 1. The molecule has 0 amide bonds. The summed E-state index contributed by atoms with van der Waals surface area (Å²) in [7, 11) is 0. The minimum atomic E-state index is 0.388. The van der Waals surface area contributed by atoms with Gasteiger partial charge in [0, 0.05) is 6.04 Å². The third-order valence-corrected chi connectivity index (χ3v) is 3.29. The molecule has 1 aromatic carbocycles. The zero-order valence-corrected chi connectivity index (χ0v) is 10.7. The summed E-state index contributed by atoms with van der Waals surface area (Å²) in [6.07, 6.45) is 5.94. The van der Waals surface area contributed by atoms with Gasteiger partial charge in [-0.2, -0.15) is 0 Å².